The molecule has 2 atom stereocenters. The molecule has 0 N–H and O–H groups in total. The third-order valence-electron chi connectivity index (χ3n) is 5.69. The van der Waals surface area contributed by atoms with Crippen LogP contribution in [0.5, 0.6) is 0 Å². The summed E-state index contributed by atoms with van der Waals surface area (Å²) in [5.41, 5.74) is 4.63. The molecule has 2 aromatic carbocycles. The lowest BCUT2D eigenvalue weighted by Crippen LogP contribution is -2.37. The van der Waals surface area contributed by atoms with E-state index in [0.29, 0.717) is 13.0 Å². The zero-order valence-electron chi connectivity index (χ0n) is 19.2. The van der Waals surface area contributed by atoms with Gasteiger partial charge in [0.25, 0.3) is 10.1 Å². The fourth-order valence-corrected chi connectivity index (χ4v) is 5.07. The highest BCUT2D eigenvalue weighted by atomic mass is 32.2. The molecule has 1 aliphatic rings. The Labute approximate surface area is 195 Å². The molecule has 176 valence electrons. The second-order valence-electron chi connectivity index (χ2n) is 8.74. The van der Waals surface area contributed by atoms with Crippen LogP contribution >= 0.6 is 0 Å². The Morgan fingerprint density at radius 1 is 1.09 bits per heavy atom. The van der Waals surface area contributed by atoms with Gasteiger partial charge in [-0.2, -0.15) is 8.42 Å². The van der Waals surface area contributed by atoms with Crippen LogP contribution in [0.2, 0.25) is 0 Å². The lowest BCUT2D eigenvalue weighted by atomic mass is 10.0. The number of ether oxygens (including phenoxy) is 2. The Morgan fingerprint density at radius 3 is 2.48 bits per heavy atom. The Balaban J connectivity index is 1.44. The van der Waals surface area contributed by atoms with Crippen LogP contribution in [-0.2, 0) is 36.7 Å². The maximum Gasteiger partial charge on any atom is 0.297 e. The van der Waals surface area contributed by atoms with Crippen molar-refractivity contribution in [3.8, 4) is 0 Å². The summed E-state index contributed by atoms with van der Waals surface area (Å²) in [7, 11) is -3.87. The fourth-order valence-electron chi connectivity index (χ4n) is 4.14. The summed E-state index contributed by atoms with van der Waals surface area (Å²) in [4.78, 5) is 4.24. The SMILES string of the molecule is Cc1ccc(S(=O)(=O)OC[C@@H]2CO[C@@](CCc3cc(C)cc(C)c3)(Cn3ccnc3)O2)cc1. The Kier molecular flexibility index (Phi) is 6.99. The molecule has 1 aromatic heterocycles. The van der Waals surface area contributed by atoms with E-state index in [-0.39, 0.29) is 18.1 Å². The van der Waals surface area contributed by atoms with E-state index in [4.69, 9.17) is 13.7 Å². The smallest absolute Gasteiger partial charge is 0.297 e. The number of imidazole rings is 1. The quantitative estimate of drug-likeness (QED) is 0.441. The highest BCUT2D eigenvalue weighted by Gasteiger charge is 2.42. The van der Waals surface area contributed by atoms with Crippen LogP contribution in [0.1, 0.15) is 28.7 Å². The van der Waals surface area contributed by atoms with Crippen molar-refractivity contribution in [1.29, 1.82) is 0 Å². The lowest BCUT2D eigenvalue weighted by Gasteiger charge is -2.28. The average molecular weight is 471 g/mol. The van der Waals surface area contributed by atoms with Gasteiger partial charge in [-0.1, -0.05) is 47.0 Å². The molecule has 8 heteroatoms. The largest absolute Gasteiger partial charge is 0.345 e. The van der Waals surface area contributed by atoms with Crippen molar-refractivity contribution in [2.45, 2.75) is 56.9 Å². The fraction of sp³-hybridized carbons (Fsp3) is 0.400. The first kappa shape index (κ1) is 23.6. The van der Waals surface area contributed by atoms with Gasteiger partial charge >= 0.3 is 0 Å². The van der Waals surface area contributed by atoms with Gasteiger partial charge in [0.05, 0.1) is 31.0 Å². The molecular formula is C25H30N2O5S. The van der Waals surface area contributed by atoms with Crippen molar-refractivity contribution >= 4 is 10.1 Å². The van der Waals surface area contributed by atoms with Crippen molar-refractivity contribution in [1.82, 2.24) is 9.55 Å². The van der Waals surface area contributed by atoms with Crippen LogP contribution in [0.25, 0.3) is 0 Å². The van der Waals surface area contributed by atoms with Crippen molar-refractivity contribution in [2.75, 3.05) is 13.2 Å². The van der Waals surface area contributed by atoms with Gasteiger partial charge in [-0.05, 0) is 44.9 Å². The maximum atomic E-state index is 12.6. The van der Waals surface area contributed by atoms with Crippen LogP contribution in [-0.4, -0.2) is 43.1 Å². The molecule has 4 rings (SSSR count). The predicted octanol–water partition coefficient (Wildman–Crippen LogP) is 3.96. The minimum atomic E-state index is -3.87. The van der Waals surface area contributed by atoms with Crippen LogP contribution < -0.4 is 0 Å². The van der Waals surface area contributed by atoms with Gasteiger partial charge in [-0.3, -0.25) is 4.18 Å². The normalized spacial score (nSPS) is 20.9. The number of hydrogen-bond donors (Lipinski definition) is 0. The zero-order valence-corrected chi connectivity index (χ0v) is 20.0. The second-order valence-corrected chi connectivity index (χ2v) is 10.4. The average Bonchev–Trinajstić information content (AvgIpc) is 3.41. The third kappa shape index (κ3) is 6.09. The molecule has 0 spiro atoms. The molecule has 2 heterocycles. The molecule has 0 radical (unpaired) electrons. The van der Waals surface area contributed by atoms with Crippen molar-refractivity contribution in [3.63, 3.8) is 0 Å². The topological polar surface area (TPSA) is 79.7 Å². The monoisotopic (exact) mass is 470 g/mol. The Hall–Kier alpha value is -2.52. The van der Waals surface area contributed by atoms with Gasteiger partial charge in [0.1, 0.15) is 6.10 Å². The summed E-state index contributed by atoms with van der Waals surface area (Å²) < 4.78 is 44.8. The summed E-state index contributed by atoms with van der Waals surface area (Å²) in [6.07, 6.45) is 6.18. The second kappa shape index (κ2) is 9.77. The molecule has 1 saturated heterocycles. The highest BCUT2D eigenvalue weighted by Crippen LogP contribution is 2.32. The molecule has 1 fully saturated rings. The van der Waals surface area contributed by atoms with Gasteiger partial charge in [-0.15, -0.1) is 0 Å². The Morgan fingerprint density at radius 2 is 1.82 bits per heavy atom. The van der Waals surface area contributed by atoms with Crippen molar-refractivity contribution in [3.05, 3.63) is 83.4 Å². The van der Waals surface area contributed by atoms with Gasteiger partial charge in [-0.25, -0.2) is 4.98 Å². The molecule has 0 unspecified atom stereocenters. The lowest BCUT2D eigenvalue weighted by molar-refractivity contribution is -0.184. The van der Waals surface area contributed by atoms with Gasteiger partial charge in [0.15, 0.2) is 5.79 Å². The number of aromatic nitrogens is 2. The number of nitrogens with zero attached hydrogens (tertiary/aromatic N) is 2. The van der Waals surface area contributed by atoms with E-state index in [1.807, 2.05) is 17.7 Å². The predicted molar refractivity (Wildman–Crippen MR) is 124 cm³/mol. The maximum absolute atomic E-state index is 12.6. The molecule has 1 aliphatic heterocycles. The molecule has 7 nitrogen and oxygen atoms in total. The molecule has 33 heavy (non-hydrogen) atoms. The van der Waals surface area contributed by atoms with E-state index < -0.39 is 22.0 Å². The van der Waals surface area contributed by atoms with E-state index in [0.717, 1.165) is 12.0 Å². The molecule has 0 amide bonds. The first-order valence-corrected chi connectivity index (χ1v) is 12.4. The van der Waals surface area contributed by atoms with Crippen LogP contribution in [0.3, 0.4) is 0 Å². The standard InChI is InChI=1S/C25H30N2O5S/c1-19-4-6-24(7-5-19)33(28,29)31-16-23-15-30-25(32-23,17-27-11-10-26-18-27)9-8-22-13-20(2)12-21(3)14-22/h4-7,10-14,18,23H,8-9,15-17H2,1-3H3/t23-,25+/m0/s1. The number of rotatable bonds is 9. The summed E-state index contributed by atoms with van der Waals surface area (Å²) in [5.74, 6) is -0.889. The van der Waals surface area contributed by atoms with E-state index in [2.05, 4.69) is 37.0 Å². The summed E-state index contributed by atoms with van der Waals surface area (Å²) >= 11 is 0. The Bertz CT molecular complexity index is 1160. The van der Waals surface area contributed by atoms with E-state index >= 15 is 0 Å². The first-order chi connectivity index (χ1) is 15.7. The molecule has 0 bridgehead atoms. The number of benzene rings is 2. The van der Waals surface area contributed by atoms with E-state index in [1.54, 1.807) is 36.8 Å². The molecule has 0 aliphatic carbocycles. The summed E-state index contributed by atoms with van der Waals surface area (Å²) in [6.45, 7) is 6.68. The minimum absolute atomic E-state index is 0.106. The number of hydrogen-bond acceptors (Lipinski definition) is 6. The van der Waals surface area contributed by atoms with E-state index in [9.17, 15) is 8.42 Å². The van der Waals surface area contributed by atoms with Gasteiger partial charge in [0, 0.05) is 18.8 Å². The van der Waals surface area contributed by atoms with Crippen molar-refractivity contribution in [2.24, 2.45) is 0 Å². The van der Waals surface area contributed by atoms with Gasteiger partial charge in [0.2, 0.25) is 0 Å². The highest BCUT2D eigenvalue weighted by molar-refractivity contribution is 7.86. The van der Waals surface area contributed by atoms with Crippen LogP contribution in [0, 0.1) is 20.8 Å². The van der Waals surface area contributed by atoms with E-state index in [1.165, 1.54) is 16.7 Å². The van der Waals surface area contributed by atoms with Crippen molar-refractivity contribution < 1.29 is 22.1 Å². The van der Waals surface area contributed by atoms with Crippen LogP contribution in [0.4, 0.5) is 0 Å². The molecule has 0 saturated carbocycles. The summed E-state index contributed by atoms with van der Waals surface area (Å²) in [6, 6.07) is 13.1. The summed E-state index contributed by atoms with van der Waals surface area (Å²) in [5, 5.41) is 0. The zero-order chi connectivity index (χ0) is 23.5. The van der Waals surface area contributed by atoms with Crippen LogP contribution in [0.15, 0.2) is 66.1 Å². The number of aryl methyl sites for hydroxylation is 4. The molecular weight excluding hydrogens is 440 g/mol. The first-order valence-electron chi connectivity index (χ1n) is 11.0. The third-order valence-corrected chi connectivity index (χ3v) is 6.99. The van der Waals surface area contributed by atoms with Gasteiger partial charge < -0.3 is 14.0 Å². The minimum Gasteiger partial charge on any atom is -0.345 e. The molecule has 3 aromatic rings.